The van der Waals surface area contributed by atoms with E-state index in [-0.39, 0.29) is 18.8 Å². The normalized spacial score (nSPS) is 10.0. The Morgan fingerprint density at radius 2 is 1.82 bits per heavy atom. The van der Waals surface area contributed by atoms with Crippen LogP contribution in [0, 0.1) is 6.92 Å². The number of benzene rings is 1. The molecule has 0 saturated carbocycles. The van der Waals surface area contributed by atoms with Crippen molar-refractivity contribution in [1.82, 2.24) is 0 Å². The van der Waals surface area contributed by atoms with E-state index in [2.05, 4.69) is 0 Å². The molecule has 92 valence electrons. The molecule has 0 saturated heterocycles. The zero-order chi connectivity index (χ0) is 13.0. The van der Waals surface area contributed by atoms with Crippen molar-refractivity contribution in [2.75, 3.05) is 18.1 Å². The number of carbonyl (C=O) groups excluding carboxylic acids is 2. The number of nitrogen functional groups attached to an aromatic ring is 2. The maximum Gasteiger partial charge on any atom is 0.313 e. The second-order valence-electron chi connectivity index (χ2n) is 3.70. The Balaban J connectivity index is 2.89. The van der Waals surface area contributed by atoms with Gasteiger partial charge in [0.2, 0.25) is 0 Å². The summed E-state index contributed by atoms with van der Waals surface area (Å²) in [5.41, 5.74) is 13.1. The van der Waals surface area contributed by atoms with Gasteiger partial charge in [0.25, 0.3) is 0 Å². The molecule has 0 aliphatic rings. The maximum atomic E-state index is 11.8. The molecule has 1 rings (SSSR count). The Morgan fingerprint density at radius 1 is 1.24 bits per heavy atom. The van der Waals surface area contributed by atoms with Gasteiger partial charge in [-0.05, 0) is 31.5 Å². The number of aryl methyl sites for hydroxylation is 1. The van der Waals surface area contributed by atoms with Gasteiger partial charge < -0.3 is 16.2 Å². The van der Waals surface area contributed by atoms with Crippen LogP contribution in [0.4, 0.5) is 11.4 Å². The number of carbonyl (C=O) groups is 2. The zero-order valence-corrected chi connectivity index (χ0v) is 9.95. The van der Waals surface area contributed by atoms with E-state index < -0.39 is 5.97 Å². The summed E-state index contributed by atoms with van der Waals surface area (Å²) in [4.78, 5) is 23.0. The van der Waals surface area contributed by atoms with Crippen LogP contribution in [0.2, 0.25) is 0 Å². The largest absolute Gasteiger partial charge is 0.466 e. The third-order valence-corrected chi connectivity index (χ3v) is 2.34. The second-order valence-corrected chi connectivity index (χ2v) is 3.70. The summed E-state index contributed by atoms with van der Waals surface area (Å²) >= 11 is 0. The van der Waals surface area contributed by atoms with E-state index in [1.165, 1.54) is 6.07 Å². The molecule has 0 aliphatic heterocycles. The number of esters is 1. The van der Waals surface area contributed by atoms with Crippen LogP contribution in [-0.4, -0.2) is 18.4 Å². The van der Waals surface area contributed by atoms with Crippen LogP contribution < -0.4 is 11.5 Å². The highest BCUT2D eigenvalue weighted by Gasteiger charge is 2.15. The van der Waals surface area contributed by atoms with E-state index in [0.717, 1.165) is 0 Å². The molecule has 0 spiro atoms. The summed E-state index contributed by atoms with van der Waals surface area (Å²) in [6.07, 6.45) is -0.280. The van der Waals surface area contributed by atoms with Crippen molar-refractivity contribution in [3.05, 3.63) is 23.3 Å². The summed E-state index contributed by atoms with van der Waals surface area (Å²) in [6.45, 7) is 3.69. The fourth-order valence-electron chi connectivity index (χ4n) is 1.49. The fraction of sp³-hybridized carbons (Fsp3) is 0.333. The third-order valence-electron chi connectivity index (χ3n) is 2.34. The predicted molar refractivity (Wildman–Crippen MR) is 65.6 cm³/mol. The molecular weight excluding hydrogens is 220 g/mol. The molecule has 0 fully saturated rings. The number of nitrogens with two attached hydrogens (primary N) is 2. The number of rotatable bonds is 4. The Kier molecular flexibility index (Phi) is 4.09. The molecule has 17 heavy (non-hydrogen) atoms. The lowest BCUT2D eigenvalue weighted by Crippen LogP contribution is -2.13. The van der Waals surface area contributed by atoms with Gasteiger partial charge in [-0.25, -0.2) is 0 Å². The topological polar surface area (TPSA) is 95.4 Å². The fourth-order valence-corrected chi connectivity index (χ4v) is 1.49. The predicted octanol–water partition coefficient (Wildman–Crippen LogP) is 1.30. The Morgan fingerprint density at radius 3 is 2.41 bits per heavy atom. The molecule has 1 aromatic carbocycles. The molecule has 0 atom stereocenters. The van der Waals surface area contributed by atoms with Gasteiger partial charge in [-0.3, -0.25) is 9.59 Å². The van der Waals surface area contributed by atoms with Crippen LogP contribution in [0.15, 0.2) is 12.1 Å². The van der Waals surface area contributed by atoms with E-state index in [4.69, 9.17) is 16.2 Å². The number of ether oxygens (including phenoxy) is 1. The first kappa shape index (κ1) is 13.0. The van der Waals surface area contributed by atoms with Gasteiger partial charge in [0.05, 0.1) is 18.0 Å². The van der Waals surface area contributed by atoms with Crippen LogP contribution >= 0.6 is 0 Å². The summed E-state index contributed by atoms with van der Waals surface area (Å²) in [5, 5.41) is 0. The minimum Gasteiger partial charge on any atom is -0.466 e. The van der Waals surface area contributed by atoms with Gasteiger partial charge >= 0.3 is 5.97 Å². The van der Waals surface area contributed by atoms with E-state index in [1.54, 1.807) is 19.9 Å². The van der Waals surface area contributed by atoms with Gasteiger partial charge in [-0.15, -0.1) is 0 Å². The van der Waals surface area contributed by atoms with Crippen LogP contribution in [0.5, 0.6) is 0 Å². The number of hydrogen-bond acceptors (Lipinski definition) is 5. The standard InChI is InChI=1S/C12H16N2O3/c1-3-17-12(16)6-11(15)8-5-10(14)9(13)4-7(8)2/h4-5H,3,6,13-14H2,1-2H3. The van der Waals surface area contributed by atoms with E-state index in [1.807, 2.05) is 0 Å². The summed E-state index contributed by atoms with van der Waals surface area (Å²) in [5.74, 6) is -0.847. The molecule has 0 aliphatic carbocycles. The average molecular weight is 236 g/mol. The zero-order valence-electron chi connectivity index (χ0n) is 9.95. The number of anilines is 2. The molecule has 4 N–H and O–H groups in total. The Hall–Kier alpha value is -2.04. The number of Topliss-reactive ketones (excluding diaryl/α,β-unsaturated/α-hetero) is 1. The first-order valence-corrected chi connectivity index (χ1v) is 5.30. The highest BCUT2D eigenvalue weighted by molar-refractivity contribution is 6.07. The Bertz CT molecular complexity index is 455. The molecule has 0 radical (unpaired) electrons. The molecule has 0 heterocycles. The Labute approximate surface area is 99.7 Å². The quantitative estimate of drug-likeness (QED) is 0.355. The van der Waals surface area contributed by atoms with Crippen molar-refractivity contribution < 1.29 is 14.3 Å². The van der Waals surface area contributed by atoms with Crippen molar-refractivity contribution in [3.8, 4) is 0 Å². The highest BCUT2D eigenvalue weighted by Crippen LogP contribution is 2.21. The van der Waals surface area contributed by atoms with Crippen molar-refractivity contribution in [2.45, 2.75) is 20.3 Å². The summed E-state index contributed by atoms with van der Waals surface area (Å²) in [6, 6.07) is 3.11. The third kappa shape index (κ3) is 3.21. The van der Waals surface area contributed by atoms with Gasteiger partial charge in [-0.2, -0.15) is 0 Å². The van der Waals surface area contributed by atoms with Gasteiger partial charge in [0.15, 0.2) is 5.78 Å². The molecular formula is C12H16N2O3. The highest BCUT2D eigenvalue weighted by atomic mass is 16.5. The maximum absolute atomic E-state index is 11.8. The van der Waals surface area contributed by atoms with Crippen molar-refractivity contribution >= 4 is 23.1 Å². The smallest absolute Gasteiger partial charge is 0.313 e. The monoisotopic (exact) mass is 236 g/mol. The molecule has 5 heteroatoms. The van der Waals surface area contributed by atoms with Crippen molar-refractivity contribution in [1.29, 1.82) is 0 Å². The molecule has 1 aromatic rings. The van der Waals surface area contributed by atoms with E-state index in [0.29, 0.717) is 22.5 Å². The van der Waals surface area contributed by atoms with Crippen LogP contribution in [-0.2, 0) is 9.53 Å². The molecule has 0 aromatic heterocycles. The number of ketones is 1. The van der Waals surface area contributed by atoms with E-state index in [9.17, 15) is 9.59 Å². The average Bonchev–Trinajstić information content (AvgIpc) is 2.23. The summed E-state index contributed by atoms with van der Waals surface area (Å²) < 4.78 is 4.71. The lowest BCUT2D eigenvalue weighted by atomic mass is 10.0. The minimum atomic E-state index is -0.535. The molecule has 0 bridgehead atoms. The lowest BCUT2D eigenvalue weighted by molar-refractivity contribution is -0.141. The first-order valence-electron chi connectivity index (χ1n) is 5.30. The van der Waals surface area contributed by atoms with E-state index >= 15 is 0 Å². The number of hydrogen-bond donors (Lipinski definition) is 2. The van der Waals surface area contributed by atoms with Crippen molar-refractivity contribution in [2.24, 2.45) is 0 Å². The second kappa shape index (κ2) is 5.34. The van der Waals surface area contributed by atoms with Gasteiger partial charge in [-0.1, -0.05) is 0 Å². The lowest BCUT2D eigenvalue weighted by Gasteiger charge is -2.08. The van der Waals surface area contributed by atoms with Gasteiger partial charge in [0, 0.05) is 5.56 Å². The van der Waals surface area contributed by atoms with Crippen LogP contribution in [0.25, 0.3) is 0 Å². The summed E-state index contributed by atoms with van der Waals surface area (Å²) in [7, 11) is 0. The minimum absolute atomic E-state index is 0.259. The van der Waals surface area contributed by atoms with Crippen molar-refractivity contribution in [3.63, 3.8) is 0 Å². The molecule has 5 nitrogen and oxygen atoms in total. The SMILES string of the molecule is CCOC(=O)CC(=O)c1cc(N)c(N)cc1C. The van der Waals surface area contributed by atoms with Crippen LogP contribution in [0.1, 0.15) is 29.3 Å². The first-order chi connectivity index (χ1) is 7.95. The van der Waals surface area contributed by atoms with Gasteiger partial charge in [0.1, 0.15) is 6.42 Å². The molecule has 0 unspecified atom stereocenters. The van der Waals surface area contributed by atoms with Crippen LogP contribution in [0.3, 0.4) is 0 Å². The molecule has 0 amide bonds.